The Labute approximate surface area is 283 Å². The zero-order chi connectivity index (χ0) is 32.7. The largest absolute Gasteiger partial charge is 0.354 e. The van der Waals surface area contributed by atoms with E-state index in [9.17, 15) is 4.79 Å². The summed E-state index contributed by atoms with van der Waals surface area (Å²) >= 11 is 0. The van der Waals surface area contributed by atoms with E-state index in [0.29, 0.717) is 5.56 Å². The fraction of sp³-hybridized carbons (Fsp3) is 0. The molecule has 9 rings (SSSR count). The Morgan fingerprint density at radius 3 is 1.22 bits per heavy atom. The molecule has 0 saturated carbocycles. The number of aromatic amines is 2. The Morgan fingerprint density at radius 1 is 0.408 bits per heavy atom. The second-order valence-corrected chi connectivity index (χ2v) is 12.2. The van der Waals surface area contributed by atoms with Crippen LogP contribution in [0.1, 0.15) is 21.7 Å². The molecular formula is C44H30N4O. The highest BCUT2D eigenvalue weighted by Gasteiger charge is 2.24. The van der Waals surface area contributed by atoms with Crippen molar-refractivity contribution in [2.45, 2.75) is 0 Å². The maximum Gasteiger partial charge on any atom is 0.256 e. The van der Waals surface area contributed by atoms with Crippen LogP contribution in [-0.2, 0) is 0 Å². The predicted octanol–water partition coefficient (Wildman–Crippen LogP) is 11.0. The zero-order valence-electron chi connectivity index (χ0n) is 26.4. The number of nitrogens with zero attached hydrogens (tertiary/aromatic N) is 1. The molecule has 5 heterocycles. The van der Waals surface area contributed by atoms with E-state index in [0.717, 1.165) is 83.6 Å². The third kappa shape index (κ3) is 5.05. The van der Waals surface area contributed by atoms with Gasteiger partial charge in [0.05, 0.1) is 22.6 Å². The molecular weight excluding hydrogens is 601 g/mol. The lowest BCUT2D eigenvalue weighted by molar-refractivity contribution is 0.103. The first-order valence-electron chi connectivity index (χ1n) is 16.4. The van der Waals surface area contributed by atoms with Crippen molar-refractivity contribution < 1.29 is 4.79 Å². The highest BCUT2D eigenvalue weighted by atomic mass is 16.1. The molecule has 0 aliphatic carbocycles. The molecule has 3 aromatic heterocycles. The van der Waals surface area contributed by atoms with Crippen LogP contribution >= 0.6 is 0 Å². The first kappa shape index (κ1) is 28.5. The number of carbonyl (C=O) groups is 1. The molecule has 0 unspecified atom stereocenters. The summed E-state index contributed by atoms with van der Waals surface area (Å²) in [4.78, 5) is 26.8. The highest BCUT2D eigenvalue weighted by molar-refractivity contribution is 6.17. The summed E-state index contributed by atoms with van der Waals surface area (Å²) in [6, 6.07) is 51.3. The molecule has 0 radical (unpaired) electrons. The van der Waals surface area contributed by atoms with Gasteiger partial charge in [0.2, 0.25) is 0 Å². The second-order valence-electron chi connectivity index (χ2n) is 12.2. The van der Waals surface area contributed by atoms with Crippen molar-refractivity contribution in [2.75, 3.05) is 5.32 Å². The number of H-pyrrole nitrogens is 2. The molecule has 8 bridgehead atoms. The summed E-state index contributed by atoms with van der Waals surface area (Å²) < 4.78 is 0. The van der Waals surface area contributed by atoms with Crippen molar-refractivity contribution in [1.29, 1.82) is 0 Å². The van der Waals surface area contributed by atoms with Crippen molar-refractivity contribution in [3.63, 3.8) is 0 Å². The van der Waals surface area contributed by atoms with Crippen LogP contribution in [0.15, 0.2) is 152 Å². The number of carbonyl (C=O) groups excluding carboxylic acids is 1. The summed E-state index contributed by atoms with van der Waals surface area (Å²) in [5.41, 5.74) is 14.4. The van der Waals surface area contributed by atoms with Crippen molar-refractivity contribution in [3.8, 4) is 44.5 Å². The lowest BCUT2D eigenvalue weighted by Gasteiger charge is -2.07. The van der Waals surface area contributed by atoms with Gasteiger partial charge in [-0.3, -0.25) is 4.79 Å². The van der Waals surface area contributed by atoms with E-state index in [1.165, 1.54) is 0 Å². The Morgan fingerprint density at radius 2 is 0.776 bits per heavy atom. The molecule has 49 heavy (non-hydrogen) atoms. The van der Waals surface area contributed by atoms with Gasteiger partial charge in [0.15, 0.2) is 0 Å². The van der Waals surface area contributed by atoms with Crippen LogP contribution in [0.4, 0.5) is 5.69 Å². The van der Waals surface area contributed by atoms with E-state index < -0.39 is 0 Å². The van der Waals surface area contributed by atoms with Gasteiger partial charge in [0, 0.05) is 44.3 Å². The second kappa shape index (κ2) is 11.8. The smallest absolute Gasteiger partial charge is 0.256 e. The van der Waals surface area contributed by atoms with Crippen molar-refractivity contribution in [2.24, 2.45) is 0 Å². The molecule has 2 aliphatic rings. The van der Waals surface area contributed by atoms with E-state index in [2.05, 4.69) is 100 Å². The van der Waals surface area contributed by atoms with Gasteiger partial charge < -0.3 is 15.3 Å². The molecule has 7 aromatic rings. The first-order chi connectivity index (χ1) is 24.2. The van der Waals surface area contributed by atoms with E-state index >= 15 is 0 Å². The van der Waals surface area contributed by atoms with Gasteiger partial charge in [-0.1, -0.05) is 121 Å². The molecule has 5 heteroatoms. The van der Waals surface area contributed by atoms with Crippen LogP contribution < -0.4 is 5.32 Å². The van der Waals surface area contributed by atoms with Crippen LogP contribution in [0.3, 0.4) is 0 Å². The Bertz CT molecular complexity index is 2570. The van der Waals surface area contributed by atoms with E-state index in [4.69, 9.17) is 4.98 Å². The van der Waals surface area contributed by atoms with Gasteiger partial charge in [-0.2, -0.15) is 0 Å². The molecule has 0 saturated heterocycles. The van der Waals surface area contributed by atoms with Crippen molar-refractivity contribution in [3.05, 3.63) is 169 Å². The highest BCUT2D eigenvalue weighted by Crippen LogP contribution is 2.40. The number of nitrogens with one attached hydrogen (secondary N) is 3. The van der Waals surface area contributed by atoms with Crippen LogP contribution in [0.5, 0.6) is 0 Å². The van der Waals surface area contributed by atoms with Crippen LogP contribution in [0.2, 0.25) is 0 Å². The van der Waals surface area contributed by atoms with Crippen molar-refractivity contribution in [1.82, 2.24) is 15.0 Å². The standard InChI is InChI=1S/C44H30N4O/c49-44-32-27-39(48-44)43(31-19-11-4-12-20-31)38-26-25-37(47-38)42(30-17-9-3-10-18-30)36-24-23-35(46-36)41(29-15-7-2-8-16-29)34-22-21-33(45-34)40(32)28-13-5-1-6-14-28/h1-27,45,47H,(H,48,49). The van der Waals surface area contributed by atoms with Gasteiger partial charge >= 0.3 is 0 Å². The molecule has 0 atom stereocenters. The minimum absolute atomic E-state index is 0.153. The Balaban J connectivity index is 1.50. The topological polar surface area (TPSA) is 73.6 Å². The quantitative estimate of drug-likeness (QED) is 0.181. The van der Waals surface area contributed by atoms with Gasteiger partial charge in [-0.05, 0) is 64.7 Å². The molecule has 5 nitrogen and oxygen atoms in total. The van der Waals surface area contributed by atoms with Gasteiger partial charge in [-0.25, -0.2) is 4.98 Å². The van der Waals surface area contributed by atoms with Gasteiger partial charge in [0.1, 0.15) is 0 Å². The maximum absolute atomic E-state index is 14.1. The minimum atomic E-state index is -0.153. The van der Waals surface area contributed by atoms with Crippen molar-refractivity contribution >= 4 is 45.8 Å². The molecule has 1 amide bonds. The SMILES string of the molecule is O=C1Nc2cc1c(-c1ccccc1)c1ccc([nH]1)c(-c1ccccc1)c1nc(c(-c3ccccc3)c3ccc([nH]3)c2-c2ccccc2)C=C1. The number of aromatic nitrogens is 3. The van der Waals surface area contributed by atoms with E-state index in [1.54, 1.807) is 0 Å². The fourth-order valence-electron chi connectivity index (χ4n) is 6.98. The third-order valence-electron chi connectivity index (χ3n) is 9.17. The number of anilines is 1. The molecule has 0 spiro atoms. The number of amides is 1. The minimum Gasteiger partial charge on any atom is -0.354 e. The van der Waals surface area contributed by atoms with Crippen LogP contribution in [0, 0.1) is 0 Å². The lowest BCUT2D eigenvalue weighted by Crippen LogP contribution is -2.06. The summed E-state index contributed by atoms with van der Waals surface area (Å²) in [5.74, 6) is -0.153. The molecule has 0 fully saturated rings. The Hall–Kier alpha value is -6.72. The van der Waals surface area contributed by atoms with E-state index in [1.807, 2.05) is 78.9 Å². The monoisotopic (exact) mass is 630 g/mol. The molecule has 232 valence electrons. The van der Waals surface area contributed by atoms with Crippen LogP contribution in [-0.4, -0.2) is 20.9 Å². The normalized spacial score (nSPS) is 12.2. The average molecular weight is 631 g/mol. The number of hydrogen-bond acceptors (Lipinski definition) is 2. The number of rotatable bonds is 4. The summed E-state index contributed by atoms with van der Waals surface area (Å²) in [6.07, 6.45) is 4.20. The average Bonchev–Trinajstić information content (AvgIpc) is 3.98. The van der Waals surface area contributed by atoms with Gasteiger partial charge in [-0.15, -0.1) is 0 Å². The number of hydrogen-bond donors (Lipinski definition) is 3. The zero-order valence-corrected chi connectivity index (χ0v) is 26.4. The fourth-order valence-corrected chi connectivity index (χ4v) is 6.98. The summed E-state index contributed by atoms with van der Waals surface area (Å²) in [6.45, 7) is 0. The lowest BCUT2D eigenvalue weighted by atomic mass is 10.0. The van der Waals surface area contributed by atoms with E-state index in [-0.39, 0.29) is 5.91 Å². The maximum atomic E-state index is 14.1. The third-order valence-corrected chi connectivity index (χ3v) is 9.17. The summed E-state index contributed by atoms with van der Waals surface area (Å²) in [5, 5.41) is 3.24. The first-order valence-corrected chi connectivity index (χ1v) is 16.4. The molecule has 2 aliphatic heterocycles. The molecule has 4 aromatic carbocycles. The number of benzene rings is 4. The van der Waals surface area contributed by atoms with Crippen LogP contribution in [0.25, 0.3) is 78.7 Å². The Kier molecular flexibility index (Phi) is 6.87. The number of fused-ring (bicyclic) bond motifs is 8. The molecule has 3 N–H and O–H groups in total. The van der Waals surface area contributed by atoms with Gasteiger partial charge in [0.25, 0.3) is 5.91 Å². The predicted molar refractivity (Wildman–Crippen MR) is 202 cm³/mol. The summed E-state index contributed by atoms with van der Waals surface area (Å²) in [7, 11) is 0.